The van der Waals surface area contributed by atoms with Gasteiger partial charge in [0.15, 0.2) is 0 Å². The van der Waals surface area contributed by atoms with Crippen LogP contribution in [0, 0.1) is 0 Å². The standard InChI is InChI=1S/C3H5O8P/c4-1(2(5)6)3(7)11-12(8,9)10/h1,4H,(H,5,6)(H2,8,9,10). The molecule has 0 spiro atoms. The third-order valence-corrected chi connectivity index (χ3v) is 1.08. The maximum Gasteiger partial charge on any atom is 0.527 e. The van der Waals surface area contributed by atoms with Crippen molar-refractivity contribution in [3.8, 4) is 0 Å². The molecule has 0 rings (SSSR count). The number of aliphatic carboxylic acids is 1. The van der Waals surface area contributed by atoms with Crippen molar-refractivity contribution in [2.75, 3.05) is 0 Å². The second-order valence-electron chi connectivity index (χ2n) is 1.64. The highest BCUT2D eigenvalue weighted by atomic mass is 31.2. The Hall–Kier alpha value is -0.950. The molecular weight excluding hydrogens is 195 g/mol. The second-order valence-corrected chi connectivity index (χ2v) is 2.81. The SMILES string of the molecule is O=C(O)C(O)C(=O)OP(=O)(O)O. The molecule has 0 bridgehead atoms. The van der Waals surface area contributed by atoms with Gasteiger partial charge in [-0.2, -0.15) is 0 Å². The molecule has 9 heteroatoms. The number of hydrogen-bond donors (Lipinski definition) is 4. The first-order valence-electron chi connectivity index (χ1n) is 2.44. The summed E-state index contributed by atoms with van der Waals surface area (Å²) in [5.41, 5.74) is 0. The van der Waals surface area contributed by atoms with Gasteiger partial charge in [-0.25, -0.2) is 14.2 Å². The molecule has 0 heterocycles. The van der Waals surface area contributed by atoms with Crippen LogP contribution in [-0.4, -0.2) is 38.0 Å². The molecule has 12 heavy (non-hydrogen) atoms. The lowest BCUT2D eigenvalue weighted by atomic mass is 10.4. The van der Waals surface area contributed by atoms with Gasteiger partial charge in [0.25, 0.3) is 0 Å². The summed E-state index contributed by atoms with van der Waals surface area (Å²) in [6.07, 6.45) is -2.59. The fraction of sp³-hybridized carbons (Fsp3) is 0.333. The van der Waals surface area contributed by atoms with Crippen LogP contribution in [0.15, 0.2) is 0 Å². The van der Waals surface area contributed by atoms with Gasteiger partial charge < -0.3 is 14.7 Å². The highest BCUT2D eigenvalue weighted by Gasteiger charge is 2.30. The van der Waals surface area contributed by atoms with Crippen LogP contribution >= 0.6 is 7.82 Å². The van der Waals surface area contributed by atoms with Gasteiger partial charge >= 0.3 is 19.8 Å². The highest BCUT2D eigenvalue weighted by molar-refractivity contribution is 7.46. The van der Waals surface area contributed by atoms with Crippen LogP contribution in [0.1, 0.15) is 0 Å². The number of carbonyl (C=O) groups excluding carboxylic acids is 1. The summed E-state index contributed by atoms with van der Waals surface area (Å²) < 4.78 is 13.2. The lowest BCUT2D eigenvalue weighted by molar-refractivity contribution is -0.160. The zero-order valence-corrected chi connectivity index (χ0v) is 6.34. The summed E-state index contributed by atoms with van der Waals surface area (Å²) in [5.74, 6) is -3.86. The Kier molecular flexibility index (Phi) is 3.35. The smallest absolute Gasteiger partial charge is 0.479 e. The minimum atomic E-state index is -5.09. The van der Waals surface area contributed by atoms with Gasteiger partial charge in [0.2, 0.25) is 6.10 Å². The van der Waals surface area contributed by atoms with E-state index in [-0.39, 0.29) is 0 Å². The molecule has 0 aliphatic heterocycles. The zero-order chi connectivity index (χ0) is 9.94. The maximum atomic E-state index is 10.3. The van der Waals surface area contributed by atoms with Crippen molar-refractivity contribution < 1.29 is 38.7 Å². The average Bonchev–Trinajstić information content (AvgIpc) is 1.82. The van der Waals surface area contributed by atoms with Crippen molar-refractivity contribution in [1.29, 1.82) is 0 Å². The number of phosphoric ester groups is 1. The number of carbonyl (C=O) groups is 2. The van der Waals surface area contributed by atoms with Gasteiger partial charge in [0.1, 0.15) is 0 Å². The topological polar surface area (TPSA) is 141 Å². The highest BCUT2D eigenvalue weighted by Crippen LogP contribution is 2.36. The van der Waals surface area contributed by atoms with E-state index >= 15 is 0 Å². The largest absolute Gasteiger partial charge is 0.527 e. The van der Waals surface area contributed by atoms with Crippen LogP contribution in [0.2, 0.25) is 0 Å². The molecule has 0 aliphatic rings. The Morgan fingerprint density at radius 2 is 1.75 bits per heavy atom. The van der Waals surface area contributed by atoms with Gasteiger partial charge in [-0.3, -0.25) is 9.79 Å². The number of carboxylic acid groups (broad SMARTS) is 1. The summed E-state index contributed by atoms with van der Waals surface area (Å²) in [7, 11) is -5.09. The van der Waals surface area contributed by atoms with E-state index < -0.39 is 25.9 Å². The first-order chi connectivity index (χ1) is 5.24. The van der Waals surface area contributed by atoms with Crippen LogP contribution in [0.4, 0.5) is 0 Å². The van der Waals surface area contributed by atoms with E-state index in [1.54, 1.807) is 0 Å². The zero-order valence-electron chi connectivity index (χ0n) is 5.45. The summed E-state index contributed by atoms with van der Waals surface area (Å²) in [6, 6.07) is 0. The Morgan fingerprint density at radius 3 is 2.00 bits per heavy atom. The minimum absolute atomic E-state index is 1.91. The molecule has 0 aromatic rings. The average molecular weight is 200 g/mol. The molecule has 70 valence electrons. The molecule has 0 fully saturated rings. The van der Waals surface area contributed by atoms with E-state index in [0.29, 0.717) is 0 Å². The third kappa shape index (κ3) is 4.04. The van der Waals surface area contributed by atoms with Crippen LogP contribution in [0.25, 0.3) is 0 Å². The Labute approximate surface area is 65.6 Å². The number of rotatable bonds is 3. The number of carboxylic acids is 1. The van der Waals surface area contributed by atoms with Crippen molar-refractivity contribution in [3.63, 3.8) is 0 Å². The van der Waals surface area contributed by atoms with E-state index in [4.69, 9.17) is 20.0 Å². The molecule has 1 unspecified atom stereocenters. The summed E-state index contributed by atoms with van der Waals surface area (Å²) in [5, 5.41) is 16.3. The van der Waals surface area contributed by atoms with Crippen LogP contribution in [0.3, 0.4) is 0 Å². The molecule has 0 aromatic carbocycles. The summed E-state index contributed by atoms with van der Waals surface area (Å²) in [4.78, 5) is 36.0. The predicted molar refractivity (Wildman–Crippen MR) is 31.8 cm³/mol. The Balaban J connectivity index is 4.24. The summed E-state index contributed by atoms with van der Waals surface area (Å²) in [6.45, 7) is 0. The predicted octanol–water partition coefficient (Wildman–Crippen LogP) is -1.93. The molecule has 0 radical (unpaired) electrons. The molecule has 0 saturated heterocycles. The number of aliphatic hydroxyl groups excluding tert-OH is 1. The van der Waals surface area contributed by atoms with Crippen molar-refractivity contribution in [2.45, 2.75) is 6.10 Å². The number of aliphatic hydroxyl groups is 1. The second kappa shape index (κ2) is 3.63. The fourth-order valence-corrected chi connectivity index (χ4v) is 0.602. The molecule has 4 N–H and O–H groups in total. The lowest BCUT2D eigenvalue weighted by Gasteiger charge is -2.06. The first kappa shape index (κ1) is 11.1. The monoisotopic (exact) mass is 200 g/mol. The Morgan fingerprint density at radius 1 is 1.33 bits per heavy atom. The van der Waals surface area contributed by atoms with E-state index in [2.05, 4.69) is 4.52 Å². The minimum Gasteiger partial charge on any atom is -0.479 e. The van der Waals surface area contributed by atoms with E-state index in [1.807, 2.05) is 0 Å². The van der Waals surface area contributed by atoms with Crippen molar-refractivity contribution in [2.24, 2.45) is 0 Å². The van der Waals surface area contributed by atoms with Crippen LogP contribution in [-0.2, 0) is 18.7 Å². The van der Waals surface area contributed by atoms with Crippen molar-refractivity contribution in [3.05, 3.63) is 0 Å². The molecule has 0 aromatic heterocycles. The van der Waals surface area contributed by atoms with Crippen molar-refractivity contribution in [1.82, 2.24) is 0 Å². The molecule has 0 aliphatic carbocycles. The molecule has 0 amide bonds. The molecular formula is C3H5O8P. The van der Waals surface area contributed by atoms with Gasteiger partial charge in [-0.15, -0.1) is 0 Å². The Bertz CT molecular complexity index is 239. The van der Waals surface area contributed by atoms with E-state index in [9.17, 15) is 14.2 Å². The van der Waals surface area contributed by atoms with Crippen LogP contribution in [0.5, 0.6) is 0 Å². The third-order valence-electron chi connectivity index (χ3n) is 0.666. The lowest BCUT2D eigenvalue weighted by Crippen LogP contribution is -2.30. The molecule has 0 saturated carbocycles. The van der Waals surface area contributed by atoms with Gasteiger partial charge in [0.05, 0.1) is 0 Å². The van der Waals surface area contributed by atoms with Crippen molar-refractivity contribution >= 4 is 19.8 Å². The summed E-state index contributed by atoms with van der Waals surface area (Å²) >= 11 is 0. The van der Waals surface area contributed by atoms with E-state index in [0.717, 1.165) is 0 Å². The van der Waals surface area contributed by atoms with Crippen LogP contribution < -0.4 is 0 Å². The van der Waals surface area contributed by atoms with E-state index in [1.165, 1.54) is 0 Å². The van der Waals surface area contributed by atoms with Gasteiger partial charge in [-0.1, -0.05) is 0 Å². The maximum absolute atomic E-state index is 10.3. The molecule has 1 atom stereocenters. The number of hydrogen-bond acceptors (Lipinski definition) is 5. The van der Waals surface area contributed by atoms with Gasteiger partial charge in [-0.05, 0) is 0 Å². The first-order valence-corrected chi connectivity index (χ1v) is 3.97. The molecule has 8 nitrogen and oxygen atoms in total. The number of phosphoric acid groups is 1. The quantitative estimate of drug-likeness (QED) is 0.304. The van der Waals surface area contributed by atoms with Gasteiger partial charge in [0, 0.05) is 0 Å². The normalized spacial score (nSPS) is 13.6. The fourth-order valence-electron chi connectivity index (χ4n) is 0.268.